The number of benzene rings is 2. The Kier molecular flexibility index (Phi) is 5.69. The number of nitrogens with one attached hydrogen (secondary N) is 1. The van der Waals surface area contributed by atoms with Crippen molar-refractivity contribution in [1.29, 1.82) is 0 Å². The van der Waals surface area contributed by atoms with Gasteiger partial charge in [0.2, 0.25) is 5.91 Å². The van der Waals surface area contributed by atoms with Crippen LogP contribution in [-0.4, -0.2) is 20.1 Å². The number of carbonyl (C=O) groups is 1. The van der Waals surface area contributed by atoms with Crippen molar-refractivity contribution in [3.63, 3.8) is 0 Å². The molecule has 25 heavy (non-hydrogen) atoms. The first-order valence-electron chi connectivity index (χ1n) is 7.22. The maximum Gasteiger partial charge on any atom is 0.416 e. The molecule has 0 radical (unpaired) electrons. The van der Waals surface area contributed by atoms with Crippen LogP contribution < -0.4 is 14.8 Å². The van der Waals surface area contributed by atoms with Crippen LogP contribution in [0.5, 0.6) is 11.5 Å². The number of anilines is 1. The number of halogens is 3. The monoisotopic (exact) mass is 351 g/mol. The van der Waals surface area contributed by atoms with Gasteiger partial charge in [-0.15, -0.1) is 0 Å². The standard InChI is InChI=1S/C18H16F3NO3/c1-24-15-5-3-4-12(17(15)25-2)6-11-16(23)22-14-9-7-13(8-10-14)18(19,20)21/h3-11H,1-2H3,(H,22,23)/b11-6+. The molecule has 0 heterocycles. The van der Waals surface area contributed by atoms with Gasteiger partial charge in [-0.25, -0.2) is 0 Å². The lowest BCUT2D eigenvalue weighted by Crippen LogP contribution is -2.09. The van der Waals surface area contributed by atoms with Gasteiger partial charge in [-0.3, -0.25) is 4.79 Å². The Morgan fingerprint density at radius 3 is 2.28 bits per heavy atom. The van der Waals surface area contributed by atoms with Crippen molar-refractivity contribution in [2.75, 3.05) is 19.5 Å². The number of hydrogen-bond acceptors (Lipinski definition) is 3. The number of hydrogen-bond donors (Lipinski definition) is 1. The molecule has 0 atom stereocenters. The second kappa shape index (κ2) is 7.74. The van der Waals surface area contributed by atoms with Crippen molar-refractivity contribution in [3.05, 3.63) is 59.7 Å². The number of alkyl halides is 3. The maximum absolute atomic E-state index is 12.5. The Labute approximate surface area is 142 Å². The smallest absolute Gasteiger partial charge is 0.416 e. The Balaban J connectivity index is 2.09. The van der Waals surface area contributed by atoms with Gasteiger partial charge in [-0.2, -0.15) is 13.2 Å². The van der Waals surface area contributed by atoms with E-state index in [1.165, 1.54) is 38.5 Å². The number of para-hydroxylation sites is 1. The zero-order valence-corrected chi connectivity index (χ0v) is 13.6. The first kappa shape index (κ1) is 18.4. The highest BCUT2D eigenvalue weighted by atomic mass is 19.4. The fraction of sp³-hybridized carbons (Fsp3) is 0.167. The van der Waals surface area contributed by atoms with Crippen molar-refractivity contribution in [1.82, 2.24) is 0 Å². The van der Waals surface area contributed by atoms with Crippen LogP contribution in [0.15, 0.2) is 48.5 Å². The summed E-state index contributed by atoms with van der Waals surface area (Å²) in [5, 5.41) is 2.49. The van der Waals surface area contributed by atoms with Gasteiger partial charge in [-0.05, 0) is 36.4 Å². The molecule has 2 rings (SSSR count). The summed E-state index contributed by atoms with van der Waals surface area (Å²) in [6.07, 6.45) is -1.62. The second-order valence-corrected chi connectivity index (χ2v) is 4.98. The lowest BCUT2D eigenvalue weighted by molar-refractivity contribution is -0.137. The highest BCUT2D eigenvalue weighted by molar-refractivity contribution is 6.02. The SMILES string of the molecule is COc1cccc(/C=C/C(=O)Nc2ccc(C(F)(F)F)cc2)c1OC. The number of amides is 1. The fourth-order valence-electron chi connectivity index (χ4n) is 2.14. The topological polar surface area (TPSA) is 47.6 Å². The predicted octanol–water partition coefficient (Wildman–Crippen LogP) is 4.37. The Morgan fingerprint density at radius 1 is 1.04 bits per heavy atom. The van der Waals surface area contributed by atoms with Gasteiger partial charge in [0, 0.05) is 17.3 Å². The molecule has 2 aromatic rings. The van der Waals surface area contributed by atoms with Gasteiger partial charge in [0.25, 0.3) is 0 Å². The molecule has 0 aliphatic carbocycles. The molecular weight excluding hydrogens is 335 g/mol. The molecule has 1 amide bonds. The van der Waals surface area contributed by atoms with Crippen LogP contribution in [0, 0.1) is 0 Å². The summed E-state index contributed by atoms with van der Waals surface area (Å²) in [4.78, 5) is 11.9. The molecule has 0 saturated carbocycles. The molecule has 0 aliphatic heterocycles. The average molecular weight is 351 g/mol. The molecule has 1 N–H and O–H groups in total. The van der Waals surface area contributed by atoms with Gasteiger partial charge in [0.05, 0.1) is 19.8 Å². The molecule has 0 fully saturated rings. The summed E-state index contributed by atoms with van der Waals surface area (Å²) in [7, 11) is 2.99. The van der Waals surface area contributed by atoms with Crippen LogP contribution in [0.1, 0.15) is 11.1 Å². The number of methoxy groups -OCH3 is 2. The quantitative estimate of drug-likeness (QED) is 0.814. The van der Waals surface area contributed by atoms with Gasteiger partial charge in [0.1, 0.15) is 0 Å². The van der Waals surface area contributed by atoms with Crippen molar-refractivity contribution >= 4 is 17.7 Å². The van der Waals surface area contributed by atoms with E-state index in [0.717, 1.165) is 12.1 Å². The molecular formula is C18H16F3NO3. The van der Waals surface area contributed by atoms with Crippen LogP contribution in [0.4, 0.5) is 18.9 Å². The third-order valence-electron chi connectivity index (χ3n) is 3.33. The minimum atomic E-state index is -4.41. The van der Waals surface area contributed by atoms with Crippen LogP contribution in [0.25, 0.3) is 6.08 Å². The Bertz CT molecular complexity index is 768. The zero-order chi connectivity index (χ0) is 18.4. The van der Waals surface area contributed by atoms with E-state index in [9.17, 15) is 18.0 Å². The minimum Gasteiger partial charge on any atom is -0.493 e. The number of carbonyl (C=O) groups excluding carboxylic acids is 1. The van der Waals surface area contributed by atoms with Gasteiger partial charge in [-0.1, -0.05) is 12.1 Å². The molecule has 4 nitrogen and oxygen atoms in total. The van der Waals surface area contributed by atoms with Crippen molar-refractivity contribution in [2.45, 2.75) is 6.18 Å². The van der Waals surface area contributed by atoms with E-state index in [2.05, 4.69) is 5.32 Å². The van der Waals surface area contributed by atoms with E-state index in [1.54, 1.807) is 18.2 Å². The van der Waals surface area contributed by atoms with E-state index >= 15 is 0 Å². The van der Waals surface area contributed by atoms with Crippen LogP contribution in [0.2, 0.25) is 0 Å². The van der Waals surface area contributed by atoms with E-state index < -0.39 is 17.6 Å². The third kappa shape index (κ3) is 4.76. The van der Waals surface area contributed by atoms with Crippen molar-refractivity contribution in [3.8, 4) is 11.5 Å². The van der Waals surface area contributed by atoms with E-state index in [-0.39, 0.29) is 5.69 Å². The van der Waals surface area contributed by atoms with E-state index in [1.807, 2.05) is 0 Å². The first-order chi connectivity index (χ1) is 11.8. The van der Waals surface area contributed by atoms with Crippen molar-refractivity contribution < 1.29 is 27.4 Å². The highest BCUT2D eigenvalue weighted by Gasteiger charge is 2.29. The molecule has 7 heteroatoms. The Hall–Kier alpha value is -2.96. The molecule has 2 aromatic carbocycles. The molecule has 0 aromatic heterocycles. The average Bonchev–Trinajstić information content (AvgIpc) is 2.59. The van der Waals surface area contributed by atoms with Crippen molar-refractivity contribution in [2.24, 2.45) is 0 Å². The van der Waals surface area contributed by atoms with E-state index in [4.69, 9.17) is 9.47 Å². The first-order valence-corrected chi connectivity index (χ1v) is 7.22. The largest absolute Gasteiger partial charge is 0.493 e. The number of ether oxygens (including phenoxy) is 2. The van der Waals surface area contributed by atoms with Gasteiger partial charge >= 0.3 is 6.18 Å². The maximum atomic E-state index is 12.5. The Morgan fingerprint density at radius 2 is 1.72 bits per heavy atom. The lowest BCUT2D eigenvalue weighted by Gasteiger charge is -2.10. The molecule has 0 saturated heterocycles. The molecule has 0 spiro atoms. The second-order valence-electron chi connectivity index (χ2n) is 4.98. The summed E-state index contributed by atoms with van der Waals surface area (Å²) in [6.45, 7) is 0. The summed E-state index contributed by atoms with van der Waals surface area (Å²) in [6, 6.07) is 9.41. The summed E-state index contributed by atoms with van der Waals surface area (Å²) >= 11 is 0. The summed E-state index contributed by atoms with van der Waals surface area (Å²) < 4.78 is 47.9. The van der Waals surface area contributed by atoms with Gasteiger partial charge < -0.3 is 14.8 Å². The molecule has 0 aliphatic rings. The fourth-order valence-corrected chi connectivity index (χ4v) is 2.14. The summed E-state index contributed by atoms with van der Waals surface area (Å²) in [5.74, 6) is 0.515. The van der Waals surface area contributed by atoms with Crippen LogP contribution in [0.3, 0.4) is 0 Å². The third-order valence-corrected chi connectivity index (χ3v) is 3.33. The molecule has 0 bridgehead atoms. The lowest BCUT2D eigenvalue weighted by atomic mass is 10.1. The minimum absolute atomic E-state index is 0.264. The van der Waals surface area contributed by atoms with Crippen LogP contribution in [-0.2, 0) is 11.0 Å². The zero-order valence-electron chi connectivity index (χ0n) is 13.6. The van der Waals surface area contributed by atoms with Crippen LogP contribution >= 0.6 is 0 Å². The highest BCUT2D eigenvalue weighted by Crippen LogP contribution is 2.32. The van der Waals surface area contributed by atoms with E-state index in [0.29, 0.717) is 17.1 Å². The predicted molar refractivity (Wildman–Crippen MR) is 88.7 cm³/mol. The number of rotatable bonds is 5. The molecule has 132 valence electrons. The normalized spacial score (nSPS) is 11.4. The van der Waals surface area contributed by atoms with Gasteiger partial charge in [0.15, 0.2) is 11.5 Å². The summed E-state index contributed by atoms with van der Waals surface area (Å²) in [5.41, 5.74) is 0.117. The molecule has 0 unspecified atom stereocenters.